The molecule has 6 N–H and O–H groups in total. The number of β-amino-alcohol motifs (C(OH)–C–C–N with tert-alkyl or cyclic N) is 2. The number of nitrogens with zero attached hydrogens (tertiary/aromatic N) is 1. The lowest BCUT2D eigenvalue weighted by Crippen LogP contribution is -2.24. The summed E-state index contributed by atoms with van der Waals surface area (Å²) in [6, 6.07) is 0. The molecule has 0 aromatic carbocycles. The number of nitrogen functional groups attached to an aromatic ring is 1. The molecule has 1 aromatic heterocycles. The lowest BCUT2D eigenvalue weighted by molar-refractivity contribution is 0.0572. The van der Waals surface area contributed by atoms with Crippen molar-refractivity contribution in [1.82, 2.24) is 0 Å². The molecule has 0 bridgehead atoms. The number of amides is 1. The SMILES string of the molecule is CC(C)C(=O)c1sc(N2CC(O)C(O)C2)c(C(N)=O)c1N. The first-order valence-electron chi connectivity index (χ1n) is 6.61. The molecular formula is C13H19N3O4S. The predicted octanol–water partition coefficient (Wildman–Crippen LogP) is -0.190. The van der Waals surface area contributed by atoms with Gasteiger partial charge in [-0.1, -0.05) is 13.8 Å². The maximum atomic E-state index is 12.2. The minimum Gasteiger partial charge on any atom is -0.397 e. The smallest absolute Gasteiger partial charge is 0.253 e. The van der Waals surface area contributed by atoms with E-state index in [1.807, 2.05) is 0 Å². The molecule has 7 nitrogen and oxygen atoms in total. The average Bonchev–Trinajstić information content (AvgIpc) is 2.89. The number of rotatable bonds is 4. The normalized spacial score (nSPS) is 22.0. The number of aliphatic hydroxyl groups is 2. The maximum absolute atomic E-state index is 12.2. The number of thiophene rings is 1. The van der Waals surface area contributed by atoms with Crippen molar-refractivity contribution in [3.63, 3.8) is 0 Å². The molecule has 2 heterocycles. The molecule has 1 saturated heterocycles. The van der Waals surface area contributed by atoms with Crippen molar-refractivity contribution in [2.24, 2.45) is 11.7 Å². The second-order valence-corrected chi connectivity index (χ2v) is 6.45. The first-order valence-corrected chi connectivity index (χ1v) is 7.43. The zero-order valence-corrected chi connectivity index (χ0v) is 12.7. The Balaban J connectivity index is 2.48. The summed E-state index contributed by atoms with van der Waals surface area (Å²) in [6.45, 7) is 3.82. The molecule has 8 heteroatoms. The molecule has 1 fully saturated rings. The van der Waals surface area contributed by atoms with Crippen LogP contribution in [0.5, 0.6) is 0 Å². The van der Waals surface area contributed by atoms with Crippen LogP contribution in [0.3, 0.4) is 0 Å². The van der Waals surface area contributed by atoms with Crippen LogP contribution in [0.15, 0.2) is 0 Å². The van der Waals surface area contributed by atoms with Crippen molar-refractivity contribution in [2.45, 2.75) is 26.1 Å². The van der Waals surface area contributed by atoms with E-state index < -0.39 is 18.1 Å². The fourth-order valence-corrected chi connectivity index (χ4v) is 3.61. The number of carbonyl (C=O) groups is 2. The number of aliphatic hydroxyl groups excluding tert-OH is 2. The Labute approximate surface area is 126 Å². The van der Waals surface area contributed by atoms with Gasteiger partial charge in [-0.2, -0.15) is 0 Å². The predicted molar refractivity (Wildman–Crippen MR) is 80.6 cm³/mol. The van der Waals surface area contributed by atoms with E-state index in [2.05, 4.69) is 0 Å². The molecule has 2 unspecified atom stereocenters. The molecule has 21 heavy (non-hydrogen) atoms. The highest BCUT2D eigenvalue weighted by molar-refractivity contribution is 7.19. The van der Waals surface area contributed by atoms with Crippen LogP contribution in [0, 0.1) is 5.92 Å². The van der Waals surface area contributed by atoms with E-state index in [1.54, 1.807) is 18.7 Å². The largest absolute Gasteiger partial charge is 0.397 e. The standard InChI is InChI=1S/C13H19N3O4S/c1-5(2)10(19)11-9(14)8(12(15)20)13(21-11)16-3-6(17)7(18)4-16/h5-7,17-18H,3-4,14H2,1-2H3,(H2,15,20). The van der Waals surface area contributed by atoms with Gasteiger partial charge in [0.1, 0.15) is 5.00 Å². The highest BCUT2D eigenvalue weighted by Crippen LogP contribution is 2.40. The molecule has 0 aliphatic carbocycles. The molecule has 1 aromatic rings. The summed E-state index contributed by atoms with van der Waals surface area (Å²) in [4.78, 5) is 25.7. The van der Waals surface area contributed by atoms with Crippen molar-refractivity contribution in [3.05, 3.63) is 10.4 Å². The summed E-state index contributed by atoms with van der Waals surface area (Å²) in [5, 5.41) is 19.7. The third-order valence-electron chi connectivity index (χ3n) is 3.47. The Morgan fingerprint density at radius 3 is 2.24 bits per heavy atom. The molecule has 0 radical (unpaired) electrons. The van der Waals surface area contributed by atoms with Gasteiger partial charge < -0.3 is 26.6 Å². The average molecular weight is 313 g/mol. The third-order valence-corrected chi connectivity index (χ3v) is 4.75. The quantitative estimate of drug-likeness (QED) is 0.570. The molecular weight excluding hydrogens is 294 g/mol. The summed E-state index contributed by atoms with van der Waals surface area (Å²) in [5.74, 6) is -1.14. The number of hydrogen-bond acceptors (Lipinski definition) is 7. The van der Waals surface area contributed by atoms with Gasteiger partial charge in [0.25, 0.3) is 5.91 Å². The van der Waals surface area contributed by atoms with Crippen LogP contribution in [-0.2, 0) is 0 Å². The van der Waals surface area contributed by atoms with E-state index in [9.17, 15) is 19.8 Å². The second-order valence-electron chi connectivity index (χ2n) is 5.45. The van der Waals surface area contributed by atoms with E-state index in [0.717, 1.165) is 11.3 Å². The minimum atomic E-state index is -0.904. The van der Waals surface area contributed by atoms with Gasteiger partial charge in [0.15, 0.2) is 5.78 Å². The van der Waals surface area contributed by atoms with Crippen LogP contribution in [0.2, 0.25) is 0 Å². The van der Waals surface area contributed by atoms with Crippen LogP contribution < -0.4 is 16.4 Å². The fourth-order valence-electron chi connectivity index (χ4n) is 2.27. The Morgan fingerprint density at radius 1 is 1.29 bits per heavy atom. The fraction of sp³-hybridized carbons (Fsp3) is 0.538. The van der Waals surface area contributed by atoms with Crippen LogP contribution >= 0.6 is 11.3 Å². The highest BCUT2D eigenvalue weighted by Gasteiger charge is 2.35. The number of carbonyl (C=O) groups excluding carboxylic acids is 2. The van der Waals surface area contributed by atoms with Gasteiger partial charge in [-0.15, -0.1) is 11.3 Å². The van der Waals surface area contributed by atoms with Crippen LogP contribution in [0.4, 0.5) is 10.7 Å². The van der Waals surface area contributed by atoms with Gasteiger partial charge in [0.2, 0.25) is 0 Å². The van der Waals surface area contributed by atoms with Gasteiger partial charge in [0, 0.05) is 19.0 Å². The van der Waals surface area contributed by atoms with E-state index in [0.29, 0.717) is 9.88 Å². The molecule has 0 saturated carbocycles. The van der Waals surface area contributed by atoms with Crippen molar-refractivity contribution < 1.29 is 19.8 Å². The summed E-state index contributed by atoms with van der Waals surface area (Å²) >= 11 is 1.08. The van der Waals surface area contributed by atoms with Gasteiger partial charge >= 0.3 is 0 Å². The summed E-state index contributed by atoms with van der Waals surface area (Å²) in [6.07, 6.45) is -1.81. The van der Waals surface area contributed by atoms with Crippen molar-refractivity contribution >= 4 is 33.7 Å². The molecule has 0 spiro atoms. The Hall–Kier alpha value is -1.64. The number of nitrogens with two attached hydrogens (primary N) is 2. The Bertz CT molecular complexity index is 574. The van der Waals surface area contributed by atoms with E-state index in [-0.39, 0.29) is 36.0 Å². The maximum Gasteiger partial charge on any atom is 0.253 e. The summed E-state index contributed by atoms with van der Waals surface area (Å²) in [5.41, 5.74) is 11.5. The van der Waals surface area contributed by atoms with E-state index in [1.165, 1.54) is 0 Å². The zero-order chi connectivity index (χ0) is 15.9. The number of anilines is 2. The number of hydrogen-bond donors (Lipinski definition) is 4. The number of Topliss-reactive ketones (excluding diaryl/α,β-unsaturated/α-hetero) is 1. The minimum absolute atomic E-state index is 0.0806. The lowest BCUT2D eigenvalue weighted by atomic mass is 10.1. The highest BCUT2D eigenvalue weighted by atomic mass is 32.1. The summed E-state index contributed by atoms with van der Waals surface area (Å²) < 4.78 is 0. The molecule has 116 valence electrons. The number of primary amides is 1. The van der Waals surface area contributed by atoms with Crippen LogP contribution in [-0.4, -0.2) is 47.2 Å². The first-order chi connectivity index (χ1) is 9.73. The number of ketones is 1. The van der Waals surface area contributed by atoms with Crippen molar-refractivity contribution in [2.75, 3.05) is 23.7 Å². The first kappa shape index (κ1) is 15.7. The Kier molecular flexibility index (Phi) is 4.22. The van der Waals surface area contributed by atoms with Gasteiger partial charge in [-0.25, -0.2) is 0 Å². The van der Waals surface area contributed by atoms with Crippen molar-refractivity contribution in [1.29, 1.82) is 0 Å². The van der Waals surface area contributed by atoms with Crippen molar-refractivity contribution in [3.8, 4) is 0 Å². The van der Waals surface area contributed by atoms with Crippen LogP contribution in [0.1, 0.15) is 33.9 Å². The molecule has 1 aliphatic rings. The lowest BCUT2D eigenvalue weighted by Gasteiger charge is -2.16. The topological polar surface area (TPSA) is 130 Å². The van der Waals surface area contributed by atoms with Gasteiger partial charge in [-0.05, 0) is 0 Å². The van der Waals surface area contributed by atoms with Gasteiger partial charge in [-0.3, -0.25) is 9.59 Å². The zero-order valence-electron chi connectivity index (χ0n) is 11.9. The molecule has 1 aliphatic heterocycles. The molecule has 2 atom stereocenters. The van der Waals surface area contributed by atoms with E-state index >= 15 is 0 Å². The molecule has 1 amide bonds. The Morgan fingerprint density at radius 2 is 1.81 bits per heavy atom. The van der Waals surface area contributed by atoms with E-state index in [4.69, 9.17) is 11.5 Å². The second kappa shape index (κ2) is 5.63. The monoisotopic (exact) mass is 313 g/mol. The summed E-state index contributed by atoms with van der Waals surface area (Å²) in [7, 11) is 0. The molecule has 2 rings (SSSR count). The van der Waals surface area contributed by atoms with Gasteiger partial charge in [0.05, 0.1) is 28.3 Å². The van der Waals surface area contributed by atoms with Crippen LogP contribution in [0.25, 0.3) is 0 Å². The third kappa shape index (κ3) is 2.74.